The van der Waals surface area contributed by atoms with Crippen LogP contribution in [0.3, 0.4) is 0 Å². The van der Waals surface area contributed by atoms with Crippen LogP contribution in [-0.2, 0) is 9.59 Å². The van der Waals surface area contributed by atoms with Crippen LogP contribution in [0.1, 0.15) is 40.0 Å². The first-order valence-corrected chi connectivity index (χ1v) is 8.78. The Morgan fingerprint density at radius 1 is 1.00 bits per heavy atom. The molecule has 2 N–H and O–H groups in total. The SMILES string of the molecule is O=C1NC(=O)C2(CCN(C(=O)CCN3C(=O)c4ccccc4C3=O)CC2)N1. The normalized spacial score (nSPS) is 20.7. The van der Waals surface area contributed by atoms with Crippen LogP contribution in [0.15, 0.2) is 24.3 Å². The molecule has 3 aliphatic heterocycles. The molecule has 6 amide bonds. The predicted octanol–water partition coefficient (Wildman–Crippen LogP) is -0.127. The summed E-state index contributed by atoms with van der Waals surface area (Å²) in [5.41, 5.74) is -0.216. The van der Waals surface area contributed by atoms with E-state index in [1.165, 1.54) is 0 Å². The molecule has 9 heteroatoms. The summed E-state index contributed by atoms with van der Waals surface area (Å²) in [5, 5.41) is 4.87. The zero-order chi connectivity index (χ0) is 19.2. The molecule has 0 saturated carbocycles. The summed E-state index contributed by atoms with van der Waals surface area (Å²) in [6, 6.07) is 6.08. The van der Waals surface area contributed by atoms with E-state index >= 15 is 0 Å². The Morgan fingerprint density at radius 2 is 1.59 bits per heavy atom. The number of urea groups is 1. The number of fused-ring (bicyclic) bond motifs is 1. The second kappa shape index (κ2) is 6.19. The molecule has 1 aromatic rings. The molecular weight excluding hydrogens is 352 g/mol. The molecule has 0 bridgehead atoms. The Morgan fingerprint density at radius 3 is 2.11 bits per heavy atom. The smallest absolute Gasteiger partial charge is 0.322 e. The van der Waals surface area contributed by atoms with Crippen molar-refractivity contribution in [3.8, 4) is 0 Å². The lowest BCUT2D eigenvalue weighted by molar-refractivity contribution is -0.135. The second-order valence-electron chi connectivity index (χ2n) is 6.93. The summed E-state index contributed by atoms with van der Waals surface area (Å²) in [5.74, 6) is -1.31. The summed E-state index contributed by atoms with van der Waals surface area (Å²) >= 11 is 0. The molecule has 4 rings (SSSR count). The standard InChI is InChI=1S/C18H18N4O5/c23-13(21-9-6-18(7-10-21)16(26)19-17(27)20-18)5-8-22-14(24)11-3-1-2-4-12(11)15(22)25/h1-4H,5-10H2,(H2,19,20,26,27). The Labute approximate surface area is 154 Å². The quantitative estimate of drug-likeness (QED) is 0.568. The second-order valence-corrected chi connectivity index (χ2v) is 6.93. The minimum Gasteiger partial charge on any atom is -0.342 e. The number of hydrogen-bond acceptors (Lipinski definition) is 5. The fraction of sp³-hybridized carbons (Fsp3) is 0.389. The summed E-state index contributed by atoms with van der Waals surface area (Å²) in [6.07, 6.45) is 0.698. The van der Waals surface area contributed by atoms with Gasteiger partial charge in [-0.05, 0) is 25.0 Å². The van der Waals surface area contributed by atoms with Crippen molar-refractivity contribution < 1.29 is 24.0 Å². The number of benzene rings is 1. The number of amides is 6. The third-order valence-electron chi connectivity index (χ3n) is 5.41. The fourth-order valence-corrected chi connectivity index (χ4v) is 3.83. The first kappa shape index (κ1) is 17.2. The number of carbonyl (C=O) groups excluding carboxylic acids is 5. The molecule has 2 saturated heterocycles. The summed E-state index contributed by atoms with van der Waals surface area (Å²) in [7, 11) is 0. The van der Waals surface area contributed by atoms with Gasteiger partial charge in [0.25, 0.3) is 17.7 Å². The van der Waals surface area contributed by atoms with Gasteiger partial charge < -0.3 is 10.2 Å². The maximum absolute atomic E-state index is 12.5. The molecule has 9 nitrogen and oxygen atoms in total. The Hall–Kier alpha value is -3.23. The number of nitrogens with one attached hydrogen (secondary N) is 2. The Balaban J connectivity index is 1.34. The van der Waals surface area contributed by atoms with Crippen LogP contribution in [0.2, 0.25) is 0 Å². The van der Waals surface area contributed by atoms with Crippen LogP contribution in [0.5, 0.6) is 0 Å². The molecule has 0 aromatic heterocycles. The Bertz CT molecular complexity index is 837. The van der Waals surface area contributed by atoms with Gasteiger partial charge >= 0.3 is 6.03 Å². The number of nitrogens with zero attached hydrogens (tertiary/aromatic N) is 2. The number of carbonyl (C=O) groups is 5. The molecule has 0 radical (unpaired) electrons. The molecule has 0 aliphatic carbocycles. The highest BCUT2D eigenvalue weighted by atomic mass is 16.2. The number of rotatable bonds is 3. The highest BCUT2D eigenvalue weighted by molar-refractivity contribution is 6.21. The van der Waals surface area contributed by atoms with E-state index in [1.54, 1.807) is 29.2 Å². The van der Waals surface area contributed by atoms with Crippen molar-refractivity contribution in [2.24, 2.45) is 0 Å². The van der Waals surface area contributed by atoms with E-state index in [0.29, 0.717) is 37.1 Å². The van der Waals surface area contributed by atoms with Crippen LogP contribution in [0, 0.1) is 0 Å². The van der Waals surface area contributed by atoms with Crippen LogP contribution >= 0.6 is 0 Å². The molecule has 2 fully saturated rings. The van der Waals surface area contributed by atoms with Gasteiger partial charge in [0.2, 0.25) is 5.91 Å². The van der Waals surface area contributed by atoms with Crippen molar-refractivity contribution in [1.29, 1.82) is 0 Å². The van der Waals surface area contributed by atoms with Gasteiger partial charge in [-0.15, -0.1) is 0 Å². The first-order chi connectivity index (χ1) is 12.9. The van der Waals surface area contributed by atoms with E-state index in [4.69, 9.17) is 0 Å². The molecule has 3 heterocycles. The molecule has 1 spiro atoms. The van der Waals surface area contributed by atoms with Gasteiger partial charge in [-0.3, -0.25) is 29.4 Å². The van der Waals surface area contributed by atoms with E-state index in [0.717, 1.165) is 4.90 Å². The zero-order valence-electron chi connectivity index (χ0n) is 14.5. The van der Waals surface area contributed by atoms with E-state index in [9.17, 15) is 24.0 Å². The number of imide groups is 2. The molecular formula is C18H18N4O5. The molecule has 0 unspecified atom stereocenters. The monoisotopic (exact) mass is 370 g/mol. The summed E-state index contributed by atoms with van der Waals surface area (Å²) in [4.78, 5) is 63.1. The van der Waals surface area contributed by atoms with Crippen molar-refractivity contribution in [3.05, 3.63) is 35.4 Å². The van der Waals surface area contributed by atoms with Crippen molar-refractivity contribution >= 4 is 29.7 Å². The highest BCUT2D eigenvalue weighted by Gasteiger charge is 2.48. The van der Waals surface area contributed by atoms with Crippen LogP contribution < -0.4 is 10.6 Å². The average molecular weight is 370 g/mol. The number of likely N-dealkylation sites (tertiary alicyclic amines) is 1. The minimum absolute atomic E-state index is 0.0179. The molecule has 1 aromatic carbocycles. The lowest BCUT2D eigenvalue weighted by Gasteiger charge is -2.37. The van der Waals surface area contributed by atoms with Gasteiger partial charge in [0.15, 0.2) is 0 Å². The molecule has 140 valence electrons. The maximum atomic E-state index is 12.5. The van der Waals surface area contributed by atoms with Crippen LogP contribution in [0.25, 0.3) is 0 Å². The molecule has 3 aliphatic rings. The van der Waals surface area contributed by atoms with Gasteiger partial charge in [0, 0.05) is 26.1 Å². The maximum Gasteiger partial charge on any atom is 0.322 e. The third kappa shape index (κ3) is 2.75. The number of hydrogen-bond donors (Lipinski definition) is 2. The van der Waals surface area contributed by atoms with Crippen molar-refractivity contribution in [1.82, 2.24) is 20.4 Å². The highest BCUT2D eigenvalue weighted by Crippen LogP contribution is 2.26. The topological polar surface area (TPSA) is 116 Å². The minimum atomic E-state index is -0.934. The van der Waals surface area contributed by atoms with Crippen molar-refractivity contribution in [3.63, 3.8) is 0 Å². The summed E-state index contributed by atoms with van der Waals surface area (Å²) < 4.78 is 0. The Kier molecular flexibility index (Phi) is 3.94. The lowest BCUT2D eigenvalue weighted by Crippen LogP contribution is -2.56. The first-order valence-electron chi connectivity index (χ1n) is 8.78. The van der Waals surface area contributed by atoms with Crippen LogP contribution in [-0.4, -0.2) is 64.6 Å². The van der Waals surface area contributed by atoms with E-state index in [2.05, 4.69) is 10.6 Å². The van der Waals surface area contributed by atoms with Crippen LogP contribution in [0.4, 0.5) is 4.79 Å². The molecule has 0 atom stereocenters. The van der Waals surface area contributed by atoms with E-state index in [-0.39, 0.29) is 36.6 Å². The number of piperidine rings is 1. The van der Waals surface area contributed by atoms with Gasteiger partial charge in [-0.1, -0.05) is 12.1 Å². The molecule has 27 heavy (non-hydrogen) atoms. The largest absolute Gasteiger partial charge is 0.342 e. The predicted molar refractivity (Wildman–Crippen MR) is 91.6 cm³/mol. The lowest BCUT2D eigenvalue weighted by atomic mass is 9.87. The van der Waals surface area contributed by atoms with Gasteiger partial charge in [-0.25, -0.2) is 4.79 Å². The van der Waals surface area contributed by atoms with E-state index < -0.39 is 11.6 Å². The third-order valence-corrected chi connectivity index (χ3v) is 5.41. The van der Waals surface area contributed by atoms with Gasteiger partial charge in [0.05, 0.1) is 11.1 Å². The van der Waals surface area contributed by atoms with Crippen molar-refractivity contribution in [2.45, 2.75) is 24.8 Å². The van der Waals surface area contributed by atoms with Gasteiger partial charge in [-0.2, -0.15) is 0 Å². The zero-order valence-corrected chi connectivity index (χ0v) is 14.5. The van der Waals surface area contributed by atoms with Crippen molar-refractivity contribution in [2.75, 3.05) is 19.6 Å². The fourth-order valence-electron chi connectivity index (χ4n) is 3.83. The van der Waals surface area contributed by atoms with E-state index in [1.807, 2.05) is 0 Å². The summed E-state index contributed by atoms with van der Waals surface area (Å²) in [6.45, 7) is 0.674. The average Bonchev–Trinajstić information content (AvgIpc) is 3.07. The van der Waals surface area contributed by atoms with Gasteiger partial charge in [0.1, 0.15) is 5.54 Å².